The molecule has 22 heavy (non-hydrogen) atoms. The Kier molecular flexibility index (Phi) is 4.40. The molecule has 0 bridgehead atoms. The molecule has 114 valence electrons. The fourth-order valence-electron chi connectivity index (χ4n) is 2.74. The smallest absolute Gasteiger partial charge is 0.0784 e. The lowest BCUT2D eigenvalue weighted by Gasteiger charge is -2.23. The maximum atomic E-state index is 6.22. The minimum absolute atomic E-state index is 0.585. The molecule has 0 amide bonds. The van der Waals surface area contributed by atoms with E-state index in [0.717, 1.165) is 21.5 Å². The monoisotopic (exact) mass is 410 g/mol. The normalized spacial score (nSPS) is 13.0. The van der Waals surface area contributed by atoms with Crippen LogP contribution in [0.15, 0.2) is 48.5 Å². The van der Waals surface area contributed by atoms with Gasteiger partial charge in [-0.05, 0) is 21.5 Å². The molecule has 3 rings (SSSR count). The van der Waals surface area contributed by atoms with Crippen LogP contribution < -0.4 is 0 Å². The van der Waals surface area contributed by atoms with E-state index in [0.29, 0.717) is 11.1 Å². The van der Waals surface area contributed by atoms with E-state index < -0.39 is 7.59 Å². The van der Waals surface area contributed by atoms with E-state index in [4.69, 9.17) is 69.6 Å². The molecule has 0 heterocycles. The molecule has 0 aliphatic carbocycles. The lowest BCUT2D eigenvalue weighted by Crippen LogP contribution is -2.08. The van der Waals surface area contributed by atoms with Crippen molar-refractivity contribution in [2.75, 3.05) is 0 Å². The predicted octanol–water partition coefficient (Wildman–Crippen LogP) is 7.65. The van der Waals surface area contributed by atoms with Gasteiger partial charge in [-0.3, -0.25) is 0 Å². The van der Waals surface area contributed by atoms with E-state index in [1.165, 1.54) is 0 Å². The third-order valence-corrected chi connectivity index (χ3v) is 4.63. The third kappa shape index (κ3) is 2.86. The van der Waals surface area contributed by atoms with E-state index in [2.05, 4.69) is 0 Å². The molecule has 0 aliphatic heterocycles. The van der Waals surface area contributed by atoms with Crippen molar-refractivity contribution < 1.29 is 0 Å². The van der Waals surface area contributed by atoms with Crippen LogP contribution in [0.25, 0.3) is 21.5 Å². The summed E-state index contributed by atoms with van der Waals surface area (Å²) in [5.74, 6) is 0. The van der Waals surface area contributed by atoms with Crippen LogP contribution in [0.5, 0.6) is 0 Å². The first-order valence-corrected chi connectivity index (χ1v) is 8.56. The highest BCUT2D eigenvalue weighted by atomic mass is 35.6. The molecule has 0 aromatic heterocycles. The molecule has 0 fully saturated rings. The van der Waals surface area contributed by atoms with Crippen LogP contribution >= 0.6 is 69.6 Å². The standard InChI is InChI=1S/C16H8Cl6/c17-15(18,19)13-9-5-1-2-6-10(9)14(16(20,21)22)12-8-4-3-7-11(12)13/h1-8H. The van der Waals surface area contributed by atoms with Crippen molar-refractivity contribution in [1.82, 2.24) is 0 Å². The molecule has 0 atom stereocenters. The zero-order valence-corrected chi connectivity index (χ0v) is 15.4. The SMILES string of the molecule is ClC(Cl)(Cl)c1c2ccccc2c(C(Cl)(Cl)Cl)c2ccccc12. The Morgan fingerprint density at radius 3 is 0.864 bits per heavy atom. The van der Waals surface area contributed by atoms with E-state index in [9.17, 15) is 0 Å². The number of benzene rings is 3. The van der Waals surface area contributed by atoms with Crippen molar-refractivity contribution in [3.63, 3.8) is 0 Å². The van der Waals surface area contributed by atoms with Crippen molar-refractivity contribution in [3.05, 3.63) is 59.7 Å². The summed E-state index contributed by atoms with van der Waals surface area (Å²) in [6.45, 7) is 0. The van der Waals surface area contributed by atoms with E-state index >= 15 is 0 Å². The minimum atomic E-state index is -1.59. The molecule has 0 nitrogen and oxygen atoms in total. The summed E-state index contributed by atoms with van der Waals surface area (Å²) in [6.07, 6.45) is 0. The Labute approximate surface area is 157 Å². The lowest BCUT2D eigenvalue weighted by atomic mass is 9.93. The Balaban J connectivity index is 2.67. The van der Waals surface area contributed by atoms with E-state index in [1.54, 1.807) is 0 Å². The summed E-state index contributed by atoms with van der Waals surface area (Å²) in [5, 5.41) is 3.01. The summed E-state index contributed by atoms with van der Waals surface area (Å²) in [4.78, 5) is 0. The van der Waals surface area contributed by atoms with Crippen molar-refractivity contribution in [3.8, 4) is 0 Å². The molecule has 0 spiro atoms. The van der Waals surface area contributed by atoms with Crippen molar-refractivity contribution >= 4 is 91.2 Å². The van der Waals surface area contributed by atoms with Gasteiger partial charge in [0.2, 0.25) is 7.59 Å². The predicted molar refractivity (Wildman–Crippen MR) is 99.9 cm³/mol. The molecule has 3 aromatic carbocycles. The van der Waals surface area contributed by atoms with Crippen LogP contribution in [0, 0.1) is 0 Å². The van der Waals surface area contributed by atoms with Crippen LogP contribution in [0.3, 0.4) is 0 Å². The van der Waals surface area contributed by atoms with Gasteiger partial charge in [-0.25, -0.2) is 0 Å². The Morgan fingerprint density at radius 1 is 0.455 bits per heavy atom. The first-order chi connectivity index (χ1) is 10.2. The maximum Gasteiger partial charge on any atom is 0.217 e. The highest BCUT2D eigenvalue weighted by Gasteiger charge is 2.34. The fourth-order valence-corrected chi connectivity index (χ4v) is 3.96. The zero-order chi connectivity index (χ0) is 16.1. The van der Waals surface area contributed by atoms with Crippen LogP contribution in [-0.2, 0) is 7.59 Å². The highest BCUT2D eigenvalue weighted by Crippen LogP contribution is 2.51. The number of fused-ring (bicyclic) bond motifs is 2. The van der Waals surface area contributed by atoms with Crippen molar-refractivity contribution in [2.24, 2.45) is 0 Å². The summed E-state index contributed by atoms with van der Waals surface area (Å²) in [6, 6.07) is 14.9. The zero-order valence-electron chi connectivity index (χ0n) is 10.9. The summed E-state index contributed by atoms with van der Waals surface area (Å²) < 4.78 is -3.18. The molecule has 0 radical (unpaired) electrons. The topological polar surface area (TPSA) is 0 Å². The van der Waals surface area contributed by atoms with Gasteiger partial charge in [-0.1, -0.05) is 118 Å². The number of hydrogen-bond donors (Lipinski definition) is 0. The van der Waals surface area contributed by atoms with Gasteiger partial charge in [-0.15, -0.1) is 0 Å². The lowest BCUT2D eigenvalue weighted by molar-refractivity contribution is 1.27. The number of halogens is 6. The third-order valence-electron chi connectivity index (χ3n) is 3.50. The average molecular weight is 413 g/mol. The maximum absolute atomic E-state index is 6.22. The van der Waals surface area contributed by atoms with Gasteiger partial charge in [0.25, 0.3) is 0 Å². The summed E-state index contributed by atoms with van der Waals surface area (Å²) in [5.41, 5.74) is 1.17. The summed E-state index contributed by atoms with van der Waals surface area (Å²) >= 11 is 37.3. The minimum Gasteiger partial charge on any atom is -0.0784 e. The number of hydrogen-bond acceptors (Lipinski definition) is 0. The largest absolute Gasteiger partial charge is 0.217 e. The Morgan fingerprint density at radius 2 is 0.682 bits per heavy atom. The van der Waals surface area contributed by atoms with Crippen LogP contribution in [0.2, 0.25) is 0 Å². The quantitative estimate of drug-likeness (QED) is 0.263. The van der Waals surface area contributed by atoms with E-state index in [1.807, 2.05) is 48.5 Å². The molecule has 0 saturated carbocycles. The van der Waals surface area contributed by atoms with Gasteiger partial charge in [-0.2, -0.15) is 0 Å². The molecule has 6 heteroatoms. The second-order valence-electron chi connectivity index (χ2n) is 4.84. The molecule has 0 aliphatic rings. The van der Waals surface area contributed by atoms with Gasteiger partial charge in [0.05, 0.1) is 0 Å². The van der Waals surface area contributed by atoms with Crippen molar-refractivity contribution in [2.45, 2.75) is 7.59 Å². The molecule has 0 N–H and O–H groups in total. The average Bonchev–Trinajstić information content (AvgIpc) is 2.41. The molecule has 0 saturated heterocycles. The Bertz CT molecular complexity index is 729. The van der Waals surface area contributed by atoms with Gasteiger partial charge < -0.3 is 0 Å². The fraction of sp³-hybridized carbons (Fsp3) is 0.125. The van der Waals surface area contributed by atoms with Gasteiger partial charge in [0, 0.05) is 11.1 Å². The number of rotatable bonds is 0. The molecule has 3 aromatic rings. The van der Waals surface area contributed by atoms with Crippen LogP contribution in [0.4, 0.5) is 0 Å². The second kappa shape index (κ2) is 5.77. The highest BCUT2D eigenvalue weighted by molar-refractivity contribution is 6.69. The molecule has 0 unspecified atom stereocenters. The van der Waals surface area contributed by atoms with Gasteiger partial charge in [0.15, 0.2) is 0 Å². The number of alkyl halides is 6. The van der Waals surface area contributed by atoms with Gasteiger partial charge >= 0.3 is 0 Å². The van der Waals surface area contributed by atoms with Crippen LogP contribution in [0.1, 0.15) is 11.1 Å². The van der Waals surface area contributed by atoms with E-state index in [-0.39, 0.29) is 0 Å². The molecular weight excluding hydrogens is 405 g/mol. The second-order valence-corrected chi connectivity index (χ2v) is 9.40. The first kappa shape index (κ1) is 16.8. The summed E-state index contributed by atoms with van der Waals surface area (Å²) in [7, 11) is 0. The van der Waals surface area contributed by atoms with Crippen LogP contribution in [-0.4, -0.2) is 0 Å². The van der Waals surface area contributed by atoms with Crippen molar-refractivity contribution in [1.29, 1.82) is 0 Å². The molecular formula is C16H8Cl6. The Hall–Kier alpha value is -0.0800. The first-order valence-electron chi connectivity index (χ1n) is 6.29. The van der Waals surface area contributed by atoms with Gasteiger partial charge in [0.1, 0.15) is 0 Å².